The van der Waals surface area contributed by atoms with E-state index in [4.69, 9.17) is 4.74 Å². The predicted octanol–water partition coefficient (Wildman–Crippen LogP) is 3.96. The number of benzene rings is 3. The lowest BCUT2D eigenvalue weighted by Gasteiger charge is -2.35. The van der Waals surface area contributed by atoms with Crippen LogP contribution < -0.4 is 15.0 Å². The number of nitrogens with zero attached hydrogens (tertiary/aromatic N) is 1. The van der Waals surface area contributed by atoms with Crippen molar-refractivity contribution in [3.63, 3.8) is 0 Å². The Labute approximate surface area is 174 Å². The second-order valence-electron chi connectivity index (χ2n) is 7.01. The highest BCUT2D eigenvalue weighted by molar-refractivity contribution is 6.13. The van der Waals surface area contributed by atoms with E-state index >= 15 is 0 Å². The molecule has 6 heteroatoms. The maximum absolute atomic E-state index is 13.5. The molecular formula is C24H20N2O4. The van der Waals surface area contributed by atoms with Gasteiger partial charge in [0.1, 0.15) is 6.04 Å². The third-order valence-electron chi connectivity index (χ3n) is 4.95. The third kappa shape index (κ3) is 3.80. The van der Waals surface area contributed by atoms with Crippen LogP contribution in [0.2, 0.25) is 0 Å². The van der Waals surface area contributed by atoms with Gasteiger partial charge in [0.2, 0.25) is 5.91 Å². The van der Waals surface area contributed by atoms with E-state index in [-0.39, 0.29) is 18.2 Å². The van der Waals surface area contributed by atoms with Gasteiger partial charge >= 0.3 is 5.97 Å². The number of nitrogens with one attached hydrogen (secondary N) is 1. The van der Waals surface area contributed by atoms with Crippen LogP contribution in [-0.4, -0.2) is 23.8 Å². The van der Waals surface area contributed by atoms with Gasteiger partial charge < -0.3 is 10.1 Å². The Balaban J connectivity index is 1.68. The van der Waals surface area contributed by atoms with E-state index in [1.54, 1.807) is 60.7 Å². The molecule has 1 atom stereocenters. The predicted molar refractivity (Wildman–Crippen MR) is 114 cm³/mol. The molecule has 150 valence electrons. The first-order valence-electron chi connectivity index (χ1n) is 9.59. The Kier molecular flexibility index (Phi) is 5.30. The van der Waals surface area contributed by atoms with Gasteiger partial charge in [0.25, 0.3) is 5.91 Å². The maximum Gasteiger partial charge on any atom is 0.335 e. The molecule has 1 heterocycles. The Hall–Kier alpha value is -3.93. The fourth-order valence-electron chi connectivity index (χ4n) is 3.47. The summed E-state index contributed by atoms with van der Waals surface area (Å²) in [4.78, 5) is 40.3. The van der Waals surface area contributed by atoms with Gasteiger partial charge in [-0.1, -0.05) is 48.5 Å². The molecule has 6 nitrogen and oxygen atoms in total. The molecule has 1 aliphatic rings. The minimum atomic E-state index is -1.07. The summed E-state index contributed by atoms with van der Waals surface area (Å²) in [5.41, 5.74) is 2.33. The lowest BCUT2D eigenvalue weighted by Crippen LogP contribution is -2.51. The maximum atomic E-state index is 13.5. The van der Waals surface area contributed by atoms with Crippen molar-refractivity contribution in [1.29, 1.82) is 0 Å². The summed E-state index contributed by atoms with van der Waals surface area (Å²) in [6.07, 6.45) is -0.223. The van der Waals surface area contributed by atoms with Gasteiger partial charge in [-0.3, -0.25) is 14.5 Å². The normalized spacial score (nSPS) is 15.2. The third-order valence-corrected chi connectivity index (χ3v) is 4.95. The molecule has 0 fully saturated rings. The zero-order valence-corrected chi connectivity index (χ0v) is 16.4. The molecule has 2 amide bonds. The Morgan fingerprint density at radius 1 is 0.933 bits per heavy atom. The van der Waals surface area contributed by atoms with Crippen LogP contribution in [0.25, 0.3) is 0 Å². The number of carbonyl (C=O) groups is 3. The van der Waals surface area contributed by atoms with Crippen molar-refractivity contribution in [1.82, 2.24) is 0 Å². The zero-order chi connectivity index (χ0) is 21.1. The number of esters is 1. The summed E-state index contributed by atoms with van der Waals surface area (Å²) in [5, 5.41) is 2.76. The summed E-state index contributed by atoms with van der Waals surface area (Å²) < 4.78 is 5.43. The highest BCUT2D eigenvalue weighted by atomic mass is 16.5. The summed E-state index contributed by atoms with van der Waals surface area (Å²) in [6.45, 7) is 1.83. The Bertz CT molecular complexity index is 1110. The Morgan fingerprint density at radius 2 is 1.60 bits per heavy atom. The fourth-order valence-corrected chi connectivity index (χ4v) is 3.47. The van der Waals surface area contributed by atoms with Crippen LogP contribution in [0.5, 0.6) is 5.75 Å². The summed E-state index contributed by atoms with van der Waals surface area (Å²) in [5.74, 6) is -1.08. The highest BCUT2D eigenvalue weighted by Crippen LogP contribution is 2.36. The number of rotatable bonds is 4. The molecule has 3 aromatic rings. The molecule has 0 saturated heterocycles. The van der Waals surface area contributed by atoms with Crippen molar-refractivity contribution in [2.75, 3.05) is 10.2 Å². The van der Waals surface area contributed by atoms with Crippen LogP contribution >= 0.6 is 0 Å². The number of fused-ring (bicyclic) bond motifs is 1. The van der Waals surface area contributed by atoms with E-state index in [1.165, 1.54) is 4.90 Å². The average Bonchev–Trinajstić information content (AvgIpc) is 2.75. The number of hydrogen-bond acceptors (Lipinski definition) is 4. The highest BCUT2D eigenvalue weighted by Gasteiger charge is 2.40. The molecule has 4 rings (SSSR count). The van der Waals surface area contributed by atoms with Crippen molar-refractivity contribution in [2.24, 2.45) is 0 Å². The van der Waals surface area contributed by atoms with Crippen molar-refractivity contribution in [3.8, 4) is 5.75 Å². The van der Waals surface area contributed by atoms with Crippen molar-refractivity contribution >= 4 is 29.2 Å². The smallest absolute Gasteiger partial charge is 0.335 e. The molecule has 0 aliphatic carbocycles. The standard InChI is InChI=1S/C24H20N2O4/c1-16-9-5-6-12-18(16)23(28)26-19-13-7-8-14-21(19)30-24(29)20(26)15-22(27)25-17-10-3-2-4-11-17/h2-14,20H,15H2,1H3,(H,25,27)/t20-/m0/s1. The van der Waals surface area contributed by atoms with Crippen LogP contribution in [-0.2, 0) is 9.59 Å². The van der Waals surface area contributed by atoms with Gasteiger partial charge in [-0.05, 0) is 42.8 Å². The van der Waals surface area contributed by atoms with Crippen LogP contribution in [0.4, 0.5) is 11.4 Å². The lowest BCUT2D eigenvalue weighted by molar-refractivity contribution is -0.138. The van der Waals surface area contributed by atoms with E-state index < -0.39 is 12.0 Å². The van der Waals surface area contributed by atoms with Crippen LogP contribution in [0.15, 0.2) is 78.9 Å². The average molecular weight is 400 g/mol. The number of amides is 2. The second kappa shape index (κ2) is 8.21. The van der Waals surface area contributed by atoms with E-state index in [2.05, 4.69) is 5.32 Å². The molecule has 0 aromatic heterocycles. The van der Waals surface area contributed by atoms with E-state index in [1.807, 2.05) is 25.1 Å². The molecule has 3 aromatic carbocycles. The van der Waals surface area contributed by atoms with Gasteiger partial charge in [0, 0.05) is 11.3 Å². The van der Waals surface area contributed by atoms with Crippen LogP contribution in [0, 0.1) is 6.92 Å². The Morgan fingerprint density at radius 3 is 2.37 bits per heavy atom. The summed E-state index contributed by atoms with van der Waals surface area (Å²) in [6, 6.07) is 21.9. The molecule has 1 N–H and O–H groups in total. The molecule has 0 unspecified atom stereocenters. The van der Waals surface area contributed by atoms with Gasteiger partial charge in [0.05, 0.1) is 12.1 Å². The number of carbonyl (C=O) groups excluding carboxylic acids is 3. The van der Waals surface area contributed by atoms with E-state index in [0.29, 0.717) is 22.7 Å². The van der Waals surface area contributed by atoms with E-state index in [9.17, 15) is 14.4 Å². The van der Waals surface area contributed by atoms with Crippen molar-refractivity contribution in [2.45, 2.75) is 19.4 Å². The van der Waals surface area contributed by atoms with Crippen molar-refractivity contribution in [3.05, 3.63) is 90.0 Å². The summed E-state index contributed by atoms with van der Waals surface area (Å²) >= 11 is 0. The topological polar surface area (TPSA) is 75.7 Å². The summed E-state index contributed by atoms with van der Waals surface area (Å²) in [7, 11) is 0. The first-order chi connectivity index (χ1) is 14.5. The SMILES string of the molecule is Cc1ccccc1C(=O)N1c2ccccc2OC(=O)[C@@H]1CC(=O)Nc1ccccc1. The molecule has 30 heavy (non-hydrogen) atoms. The van der Waals surface area contributed by atoms with Crippen molar-refractivity contribution < 1.29 is 19.1 Å². The minimum Gasteiger partial charge on any atom is -0.423 e. The minimum absolute atomic E-state index is 0.223. The number of anilines is 2. The van der Waals surface area contributed by atoms with Gasteiger partial charge in [-0.25, -0.2) is 4.79 Å². The van der Waals surface area contributed by atoms with E-state index in [0.717, 1.165) is 5.56 Å². The number of hydrogen-bond donors (Lipinski definition) is 1. The number of para-hydroxylation sites is 3. The first kappa shape index (κ1) is 19.4. The molecule has 0 spiro atoms. The van der Waals surface area contributed by atoms with Gasteiger partial charge in [-0.15, -0.1) is 0 Å². The lowest BCUT2D eigenvalue weighted by atomic mass is 10.0. The molecule has 0 radical (unpaired) electrons. The molecule has 0 bridgehead atoms. The van der Waals surface area contributed by atoms with Crippen LogP contribution in [0.1, 0.15) is 22.3 Å². The van der Waals surface area contributed by atoms with Gasteiger partial charge in [0.15, 0.2) is 5.75 Å². The van der Waals surface area contributed by atoms with Gasteiger partial charge in [-0.2, -0.15) is 0 Å². The second-order valence-corrected chi connectivity index (χ2v) is 7.01. The largest absolute Gasteiger partial charge is 0.423 e. The number of ether oxygens (including phenoxy) is 1. The quantitative estimate of drug-likeness (QED) is 0.531. The van der Waals surface area contributed by atoms with Crippen LogP contribution in [0.3, 0.4) is 0 Å². The molecular weight excluding hydrogens is 380 g/mol. The zero-order valence-electron chi connectivity index (χ0n) is 16.4. The monoisotopic (exact) mass is 400 g/mol. The molecule has 1 aliphatic heterocycles. The fraction of sp³-hybridized carbons (Fsp3) is 0.125. The molecule has 0 saturated carbocycles. The number of aryl methyl sites for hydroxylation is 1. The first-order valence-corrected chi connectivity index (χ1v) is 9.59.